The summed E-state index contributed by atoms with van der Waals surface area (Å²) in [7, 11) is 0. The van der Waals surface area contributed by atoms with Crippen molar-refractivity contribution in [1.82, 2.24) is 14.8 Å². The molecule has 2 aromatic rings. The van der Waals surface area contributed by atoms with Crippen LogP contribution in [0.2, 0.25) is 0 Å². The molecule has 0 amide bonds. The lowest BCUT2D eigenvalue weighted by molar-refractivity contribution is 0.808. The van der Waals surface area contributed by atoms with Crippen LogP contribution in [0.5, 0.6) is 0 Å². The van der Waals surface area contributed by atoms with E-state index in [1.807, 2.05) is 30.7 Å². The van der Waals surface area contributed by atoms with Crippen LogP contribution < -0.4 is 5.73 Å². The van der Waals surface area contributed by atoms with Crippen LogP contribution in [-0.2, 0) is 6.42 Å². The van der Waals surface area contributed by atoms with Gasteiger partial charge in [-0.2, -0.15) is 5.10 Å². The Morgan fingerprint density at radius 2 is 2.12 bits per heavy atom. The van der Waals surface area contributed by atoms with Crippen LogP contribution >= 0.6 is 0 Å². The number of hydrogen-bond donors (Lipinski definition) is 1. The van der Waals surface area contributed by atoms with E-state index in [0.717, 1.165) is 17.8 Å². The summed E-state index contributed by atoms with van der Waals surface area (Å²) in [5.74, 6) is 0.711. The minimum absolute atomic E-state index is 0.649. The standard InChI is InChI=1S/C12H16N4/c1-4-10-8(2)15-16(9(10)3)12-11(13)6-5-7-14-12/h5-7H,4,13H2,1-3H3. The minimum atomic E-state index is 0.649. The van der Waals surface area contributed by atoms with Crippen LogP contribution in [0.1, 0.15) is 23.9 Å². The molecule has 16 heavy (non-hydrogen) atoms. The van der Waals surface area contributed by atoms with E-state index >= 15 is 0 Å². The van der Waals surface area contributed by atoms with Crippen LogP contribution in [0.15, 0.2) is 18.3 Å². The Hall–Kier alpha value is -1.84. The molecule has 0 fully saturated rings. The van der Waals surface area contributed by atoms with E-state index in [1.165, 1.54) is 5.56 Å². The first-order chi connectivity index (χ1) is 7.65. The number of nitrogen functional groups attached to an aromatic ring is 1. The molecule has 2 rings (SSSR count). The molecule has 0 saturated carbocycles. The highest BCUT2D eigenvalue weighted by Crippen LogP contribution is 2.20. The molecule has 4 nitrogen and oxygen atoms in total. The molecule has 2 aromatic heterocycles. The van der Waals surface area contributed by atoms with Gasteiger partial charge in [0, 0.05) is 11.9 Å². The molecule has 4 heteroatoms. The number of anilines is 1. The van der Waals surface area contributed by atoms with Crippen LogP contribution in [-0.4, -0.2) is 14.8 Å². The summed E-state index contributed by atoms with van der Waals surface area (Å²) in [5.41, 5.74) is 9.98. The monoisotopic (exact) mass is 216 g/mol. The molecule has 0 aromatic carbocycles. The zero-order valence-electron chi connectivity index (χ0n) is 9.86. The van der Waals surface area contributed by atoms with Gasteiger partial charge in [-0.05, 0) is 38.0 Å². The molecule has 2 heterocycles. The van der Waals surface area contributed by atoms with E-state index in [-0.39, 0.29) is 0 Å². The molecule has 0 aliphatic rings. The molecule has 0 saturated heterocycles. The van der Waals surface area contributed by atoms with Gasteiger partial charge in [0.05, 0.1) is 11.4 Å². The van der Waals surface area contributed by atoms with Crippen molar-refractivity contribution in [1.29, 1.82) is 0 Å². The van der Waals surface area contributed by atoms with Gasteiger partial charge in [-0.25, -0.2) is 9.67 Å². The molecule has 0 bridgehead atoms. The summed E-state index contributed by atoms with van der Waals surface area (Å²) in [5, 5.41) is 4.49. The predicted octanol–water partition coefficient (Wildman–Crippen LogP) is 2.03. The van der Waals surface area contributed by atoms with Gasteiger partial charge in [-0.3, -0.25) is 0 Å². The van der Waals surface area contributed by atoms with Crippen LogP contribution in [0.4, 0.5) is 5.69 Å². The summed E-state index contributed by atoms with van der Waals surface area (Å²) < 4.78 is 1.82. The Balaban J connectivity index is 2.62. The molecular weight excluding hydrogens is 200 g/mol. The van der Waals surface area contributed by atoms with Crippen molar-refractivity contribution in [3.8, 4) is 5.82 Å². The van der Waals surface area contributed by atoms with E-state index in [0.29, 0.717) is 11.5 Å². The first-order valence-electron chi connectivity index (χ1n) is 5.41. The van der Waals surface area contributed by atoms with Gasteiger partial charge in [-0.15, -0.1) is 0 Å². The van der Waals surface area contributed by atoms with Crippen molar-refractivity contribution in [3.63, 3.8) is 0 Å². The second kappa shape index (κ2) is 3.96. The summed E-state index contributed by atoms with van der Waals surface area (Å²) in [4.78, 5) is 4.27. The number of nitrogens with two attached hydrogens (primary N) is 1. The number of rotatable bonds is 2. The van der Waals surface area contributed by atoms with Gasteiger partial charge in [0.1, 0.15) is 0 Å². The van der Waals surface area contributed by atoms with Gasteiger partial charge in [0.2, 0.25) is 0 Å². The Morgan fingerprint density at radius 3 is 2.69 bits per heavy atom. The Labute approximate surface area is 95.1 Å². The van der Waals surface area contributed by atoms with E-state index in [9.17, 15) is 0 Å². The topological polar surface area (TPSA) is 56.7 Å². The molecular formula is C12H16N4. The van der Waals surface area contributed by atoms with Crippen molar-refractivity contribution in [3.05, 3.63) is 35.3 Å². The maximum absolute atomic E-state index is 5.90. The largest absolute Gasteiger partial charge is 0.396 e. The summed E-state index contributed by atoms with van der Waals surface area (Å²) in [6.45, 7) is 6.19. The number of hydrogen-bond acceptors (Lipinski definition) is 3. The van der Waals surface area contributed by atoms with Crippen molar-refractivity contribution < 1.29 is 0 Å². The summed E-state index contributed by atoms with van der Waals surface area (Å²) >= 11 is 0. The second-order valence-corrected chi connectivity index (χ2v) is 3.83. The van der Waals surface area contributed by atoms with Crippen LogP contribution in [0, 0.1) is 13.8 Å². The Kier molecular flexibility index (Phi) is 2.64. The minimum Gasteiger partial charge on any atom is -0.396 e. The third-order valence-electron chi connectivity index (χ3n) is 2.81. The lowest BCUT2D eigenvalue weighted by atomic mass is 10.1. The van der Waals surface area contributed by atoms with Crippen molar-refractivity contribution in [2.45, 2.75) is 27.2 Å². The van der Waals surface area contributed by atoms with Crippen molar-refractivity contribution in [2.75, 3.05) is 5.73 Å². The lowest BCUT2D eigenvalue weighted by Gasteiger charge is -2.06. The van der Waals surface area contributed by atoms with Crippen molar-refractivity contribution in [2.24, 2.45) is 0 Å². The normalized spacial score (nSPS) is 10.7. The average molecular weight is 216 g/mol. The van der Waals surface area contributed by atoms with Crippen molar-refractivity contribution >= 4 is 5.69 Å². The fourth-order valence-electron chi connectivity index (χ4n) is 1.98. The van der Waals surface area contributed by atoms with Crippen LogP contribution in [0.25, 0.3) is 5.82 Å². The van der Waals surface area contributed by atoms with E-state index in [2.05, 4.69) is 17.0 Å². The molecule has 0 unspecified atom stereocenters. The summed E-state index contributed by atoms with van der Waals surface area (Å²) in [6.07, 6.45) is 2.71. The molecule has 0 aliphatic heterocycles. The summed E-state index contributed by atoms with van der Waals surface area (Å²) in [6, 6.07) is 3.66. The average Bonchev–Trinajstić information content (AvgIpc) is 2.55. The predicted molar refractivity (Wildman–Crippen MR) is 64.6 cm³/mol. The fraction of sp³-hybridized carbons (Fsp3) is 0.333. The SMILES string of the molecule is CCc1c(C)nn(-c2ncccc2N)c1C. The van der Waals surface area contributed by atoms with Gasteiger partial charge in [-0.1, -0.05) is 6.92 Å². The number of pyridine rings is 1. The van der Waals surface area contributed by atoms with Gasteiger partial charge in [0.25, 0.3) is 0 Å². The van der Waals surface area contributed by atoms with E-state index in [1.54, 1.807) is 6.20 Å². The quantitative estimate of drug-likeness (QED) is 0.835. The molecule has 0 spiro atoms. The van der Waals surface area contributed by atoms with Crippen LogP contribution in [0.3, 0.4) is 0 Å². The first-order valence-corrected chi connectivity index (χ1v) is 5.41. The van der Waals surface area contributed by atoms with Gasteiger partial charge in [0.15, 0.2) is 5.82 Å². The maximum Gasteiger partial charge on any atom is 0.176 e. The molecule has 0 aliphatic carbocycles. The Bertz CT molecular complexity index is 514. The Morgan fingerprint density at radius 1 is 1.38 bits per heavy atom. The van der Waals surface area contributed by atoms with Gasteiger partial charge < -0.3 is 5.73 Å². The van der Waals surface area contributed by atoms with Gasteiger partial charge >= 0.3 is 0 Å². The first kappa shape index (κ1) is 10.7. The number of nitrogens with zero attached hydrogens (tertiary/aromatic N) is 3. The zero-order chi connectivity index (χ0) is 11.7. The fourth-order valence-corrected chi connectivity index (χ4v) is 1.98. The van der Waals surface area contributed by atoms with E-state index in [4.69, 9.17) is 5.73 Å². The molecule has 2 N–H and O–H groups in total. The highest BCUT2D eigenvalue weighted by Gasteiger charge is 2.13. The number of aryl methyl sites for hydroxylation is 1. The zero-order valence-corrected chi connectivity index (χ0v) is 9.86. The lowest BCUT2D eigenvalue weighted by Crippen LogP contribution is -2.05. The maximum atomic E-state index is 5.90. The third-order valence-corrected chi connectivity index (χ3v) is 2.81. The second-order valence-electron chi connectivity index (χ2n) is 3.83. The highest BCUT2D eigenvalue weighted by molar-refractivity contribution is 5.53. The molecule has 0 radical (unpaired) electrons. The smallest absolute Gasteiger partial charge is 0.176 e. The molecule has 0 atom stereocenters. The highest BCUT2D eigenvalue weighted by atomic mass is 15.3. The molecule has 84 valence electrons. The van der Waals surface area contributed by atoms with E-state index < -0.39 is 0 Å². The number of aromatic nitrogens is 3. The third kappa shape index (κ3) is 1.56.